The third-order valence-electron chi connectivity index (χ3n) is 7.62. The molecule has 4 N–H and O–H groups in total. The maximum Gasteiger partial charge on any atom is 0.490 e. The summed E-state index contributed by atoms with van der Waals surface area (Å²) in [7, 11) is 0. The molecule has 4 heterocycles. The first kappa shape index (κ1) is 29.4. The van der Waals surface area contributed by atoms with Crippen molar-refractivity contribution in [3.63, 3.8) is 0 Å². The fourth-order valence-electron chi connectivity index (χ4n) is 5.64. The van der Waals surface area contributed by atoms with Crippen molar-refractivity contribution in [2.45, 2.75) is 56.4 Å². The van der Waals surface area contributed by atoms with E-state index in [1.54, 1.807) is 0 Å². The number of carboxylic acid groups (broad SMARTS) is 1. The fraction of sp³-hybridized carbons (Fsp3) is 0.640. The number of aromatic amines is 1. The first-order valence-corrected chi connectivity index (χ1v) is 13.5. The van der Waals surface area contributed by atoms with Crippen molar-refractivity contribution in [2.75, 3.05) is 56.6 Å². The molecule has 3 saturated heterocycles. The summed E-state index contributed by atoms with van der Waals surface area (Å²) in [6.45, 7) is 6.93. The number of carboxylic acids is 1. The highest BCUT2D eigenvalue weighted by Gasteiger charge is 2.38. The quantitative estimate of drug-likeness (QED) is 0.495. The van der Waals surface area contributed by atoms with E-state index in [0.29, 0.717) is 24.1 Å². The number of nitrogens with zero attached hydrogens (tertiary/aromatic N) is 5. The number of nitrogens with one attached hydrogen (secondary N) is 1. The van der Waals surface area contributed by atoms with Gasteiger partial charge in [0, 0.05) is 55.9 Å². The average molecular weight is 574 g/mol. The number of H-pyrrole nitrogens is 1. The number of benzene rings is 1. The molecular weight excluding hydrogens is 539 g/mol. The van der Waals surface area contributed by atoms with Crippen LogP contribution in [0.1, 0.15) is 31.2 Å². The second kappa shape index (κ2) is 13.2. The minimum atomic E-state index is -5.08. The number of halogens is 4. The zero-order valence-electron chi connectivity index (χ0n) is 21.6. The summed E-state index contributed by atoms with van der Waals surface area (Å²) in [6, 6.07) is 10.2. The number of hydrogen-bond acceptors (Lipinski definition) is 8. The van der Waals surface area contributed by atoms with Crippen molar-refractivity contribution >= 4 is 29.5 Å². The molecule has 0 unspecified atom stereocenters. The topological polar surface area (TPSA) is 124 Å². The molecule has 10 nitrogen and oxygen atoms in total. The molecule has 0 radical (unpaired) electrons. The first-order chi connectivity index (χ1) is 18.6. The molecule has 39 heavy (non-hydrogen) atoms. The number of ether oxygens (including phenoxy) is 1. The van der Waals surface area contributed by atoms with Gasteiger partial charge in [-0.3, -0.25) is 9.80 Å². The standard InChI is InChI=1S/C23H34ClN7O.C2HF3O2/c24-18-3-1-17(2-4-18)15-20-5-6-21(29-11-13-32-14-12-29)16-31(20)19-7-9-30(10-8-19)23-26-22(25)27-28-23;3-2(4,5)1(6)7/h1-4,19-21H,5-16H2,(H3,25,26,27,28);(H,6,7)/t20-,21-;/m1./s1. The SMILES string of the molecule is Nc1nc(N2CCC(N3C[C@H](N4CCOCC4)CC[C@@H]3Cc3ccc(Cl)cc3)CC2)n[nH]1.O=C(O)C(F)(F)F. The van der Waals surface area contributed by atoms with Gasteiger partial charge in [0.1, 0.15) is 0 Å². The molecule has 3 aliphatic rings. The Bertz CT molecular complexity index is 1060. The molecule has 3 fully saturated rings. The van der Waals surface area contributed by atoms with Crippen molar-refractivity contribution in [3.05, 3.63) is 34.9 Å². The molecule has 0 bridgehead atoms. The molecule has 0 aliphatic carbocycles. The minimum Gasteiger partial charge on any atom is -0.475 e. The van der Waals surface area contributed by atoms with Crippen LogP contribution in [-0.4, -0.2) is 106 Å². The van der Waals surface area contributed by atoms with Crippen LogP contribution in [0.4, 0.5) is 25.1 Å². The lowest BCUT2D eigenvalue weighted by Gasteiger charge is -2.49. The van der Waals surface area contributed by atoms with Crippen LogP contribution in [0, 0.1) is 0 Å². The van der Waals surface area contributed by atoms with E-state index in [1.165, 1.54) is 18.4 Å². The summed E-state index contributed by atoms with van der Waals surface area (Å²) in [5.74, 6) is -1.65. The van der Waals surface area contributed by atoms with Crippen molar-refractivity contribution in [2.24, 2.45) is 0 Å². The molecule has 1 aromatic heterocycles. The van der Waals surface area contributed by atoms with Crippen LogP contribution in [-0.2, 0) is 16.0 Å². The van der Waals surface area contributed by atoms with Gasteiger partial charge in [0.2, 0.25) is 11.9 Å². The largest absolute Gasteiger partial charge is 0.490 e. The zero-order valence-corrected chi connectivity index (χ0v) is 22.4. The van der Waals surface area contributed by atoms with Crippen LogP contribution < -0.4 is 10.6 Å². The smallest absolute Gasteiger partial charge is 0.475 e. The van der Waals surface area contributed by atoms with Gasteiger partial charge in [-0.25, -0.2) is 9.89 Å². The molecule has 3 aliphatic heterocycles. The summed E-state index contributed by atoms with van der Waals surface area (Å²) in [5.41, 5.74) is 7.11. The zero-order chi connectivity index (χ0) is 28.0. The Labute approximate surface area is 230 Å². The van der Waals surface area contributed by atoms with E-state index in [2.05, 4.69) is 42.0 Å². The summed E-state index contributed by atoms with van der Waals surface area (Å²) >= 11 is 6.12. The molecule has 5 rings (SSSR count). The maximum atomic E-state index is 10.6. The number of rotatable bonds is 5. The van der Waals surface area contributed by atoms with Crippen LogP contribution >= 0.6 is 11.6 Å². The van der Waals surface area contributed by atoms with E-state index in [0.717, 1.165) is 76.2 Å². The van der Waals surface area contributed by atoms with Gasteiger partial charge in [-0.15, -0.1) is 5.10 Å². The molecular formula is C25H35ClF3N7O3. The lowest BCUT2D eigenvalue weighted by Crippen LogP contribution is -2.59. The number of alkyl halides is 3. The summed E-state index contributed by atoms with van der Waals surface area (Å²) in [4.78, 5) is 20.9. The Morgan fingerprint density at radius 1 is 1.08 bits per heavy atom. The number of morpholine rings is 1. The third kappa shape index (κ3) is 8.19. The lowest BCUT2D eigenvalue weighted by molar-refractivity contribution is -0.192. The highest BCUT2D eigenvalue weighted by atomic mass is 35.5. The van der Waals surface area contributed by atoms with Crippen LogP contribution in [0.5, 0.6) is 0 Å². The number of anilines is 2. The monoisotopic (exact) mass is 573 g/mol. The highest BCUT2D eigenvalue weighted by Crippen LogP contribution is 2.31. The van der Waals surface area contributed by atoms with E-state index in [4.69, 9.17) is 32.0 Å². The Morgan fingerprint density at radius 2 is 1.72 bits per heavy atom. The van der Waals surface area contributed by atoms with Gasteiger partial charge in [0.25, 0.3) is 0 Å². The number of carbonyl (C=O) groups is 1. The fourth-order valence-corrected chi connectivity index (χ4v) is 5.76. The maximum absolute atomic E-state index is 10.6. The summed E-state index contributed by atoms with van der Waals surface area (Å²) in [6.07, 6.45) is 0.764. The highest BCUT2D eigenvalue weighted by molar-refractivity contribution is 6.30. The number of nitrogen functional groups attached to an aromatic ring is 1. The number of aromatic nitrogens is 3. The Morgan fingerprint density at radius 3 is 2.28 bits per heavy atom. The lowest BCUT2D eigenvalue weighted by atomic mass is 9.88. The van der Waals surface area contributed by atoms with Gasteiger partial charge >= 0.3 is 12.1 Å². The van der Waals surface area contributed by atoms with Crippen LogP contribution in [0.2, 0.25) is 5.02 Å². The third-order valence-corrected chi connectivity index (χ3v) is 7.87. The molecule has 0 saturated carbocycles. The molecule has 1 aromatic carbocycles. The molecule has 2 atom stereocenters. The number of hydrogen-bond donors (Lipinski definition) is 3. The Kier molecular flexibility index (Phi) is 9.91. The number of nitrogens with two attached hydrogens (primary N) is 1. The molecule has 14 heteroatoms. The van der Waals surface area contributed by atoms with Crippen molar-refractivity contribution in [3.8, 4) is 0 Å². The molecule has 0 spiro atoms. The molecule has 216 valence electrons. The van der Waals surface area contributed by atoms with Gasteiger partial charge in [-0.05, 0) is 49.8 Å². The predicted octanol–water partition coefficient (Wildman–Crippen LogP) is 3.05. The summed E-state index contributed by atoms with van der Waals surface area (Å²) < 4.78 is 37.3. The number of aliphatic carboxylic acids is 1. The van der Waals surface area contributed by atoms with Gasteiger partial charge < -0.3 is 20.5 Å². The van der Waals surface area contributed by atoms with Crippen LogP contribution in [0.25, 0.3) is 0 Å². The van der Waals surface area contributed by atoms with E-state index in [1.807, 2.05) is 12.1 Å². The van der Waals surface area contributed by atoms with Crippen LogP contribution in [0.15, 0.2) is 24.3 Å². The normalized spacial score (nSPS) is 23.7. The number of likely N-dealkylation sites (tertiary alicyclic amines) is 1. The number of piperidine rings is 2. The summed E-state index contributed by atoms with van der Waals surface area (Å²) in [5, 5.41) is 14.9. The van der Waals surface area contributed by atoms with Crippen LogP contribution in [0.3, 0.4) is 0 Å². The average Bonchev–Trinajstić information content (AvgIpc) is 3.37. The van der Waals surface area contributed by atoms with Crippen molar-refractivity contribution in [1.29, 1.82) is 0 Å². The van der Waals surface area contributed by atoms with Gasteiger partial charge in [-0.1, -0.05) is 23.7 Å². The Hall–Kier alpha value is -2.61. The van der Waals surface area contributed by atoms with E-state index < -0.39 is 12.1 Å². The predicted molar refractivity (Wildman–Crippen MR) is 141 cm³/mol. The van der Waals surface area contributed by atoms with Gasteiger partial charge in [0.05, 0.1) is 13.2 Å². The van der Waals surface area contributed by atoms with E-state index in [9.17, 15) is 13.2 Å². The van der Waals surface area contributed by atoms with E-state index >= 15 is 0 Å². The molecule has 2 aromatic rings. The second-order valence-electron chi connectivity index (χ2n) is 10.1. The van der Waals surface area contributed by atoms with Crippen molar-refractivity contribution in [1.82, 2.24) is 25.0 Å². The first-order valence-electron chi connectivity index (χ1n) is 13.1. The van der Waals surface area contributed by atoms with Gasteiger partial charge in [-0.2, -0.15) is 18.2 Å². The second-order valence-corrected chi connectivity index (χ2v) is 10.5. The van der Waals surface area contributed by atoms with Crippen molar-refractivity contribution < 1.29 is 27.8 Å². The van der Waals surface area contributed by atoms with Gasteiger partial charge in [0.15, 0.2) is 0 Å². The minimum absolute atomic E-state index is 0.384. The Balaban J connectivity index is 0.000000448. The van der Waals surface area contributed by atoms with E-state index in [-0.39, 0.29) is 0 Å². The molecule has 0 amide bonds.